The SMILES string of the molecule is CCOC(=O)NCCc1nnc(-c2ccccc2Nc2ccc(C(F)(F)F)cc2)o1. The summed E-state index contributed by atoms with van der Waals surface area (Å²) < 4.78 is 48.6. The number of nitrogens with one attached hydrogen (secondary N) is 2. The topological polar surface area (TPSA) is 89.3 Å². The van der Waals surface area contributed by atoms with E-state index in [1.54, 1.807) is 31.2 Å². The molecule has 0 bridgehead atoms. The lowest BCUT2D eigenvalue weighted by molar-refractivity contribution is -0.137. The standard InChI is InChI=1S/C20H19F3N4O3/c1-2-29-19(28)24-12-11-17-26-27-18(30-17)15-5-3-4-6-16(15)25-14-9-7-13(8-10-14)20(21,22)23/h3-10,25H,2,11-12H2,1H3,(H,24,28). The molecule has 30 heavy (non-hydrogen) atoms. The summed E-state index contributed by atoms with van der Waals surface area (Å²) in [7, 11) is 0. The highest BCUT2D eigenvalue weighted by Gasteiger charge is 2.30. The van der Waals surface area contributed by atoms with E-state index in [0.29, 0.717) is 29.2 Å². The number of alkyl carbamates (subject to hydrolysis) is 1. The van der Waals surface area contributed by atoms with E-state index in [4.69, 9.17) is 9.15 Å². The summed E-state index contributed by atoms with van der Waals surface area (Å²) in [5.41, 5.74) is 0.944. The van der Waals surface area contributed by atoms with Crippen molar-refractivity contribution in [3.63, 3.8) is 0 Å². The van der Waals surface area contributed by atoms with Gasteiger partial charge in [-0.15, -0.1) is 10.2 Å². The van der Waals surface area contributed by atoms with Gasteiger partial charge in [-0.3, -0.25) is 0 Å². The van der Waals surface area contributed by atoms with Crippen molar-refractivity contribution < 1.29 is 27.1 Å². The van der Waals surface area contributed by atoms with E-state index in [9.17, 15) is 18.0 Å². The Balaban J connectivity index is 1.70. The molecule has 3 rings (SSSR count). The molecule has 0 atom stereocenters. The molecule has 0 spiro atoms. The first-order valence-electron chi connectivity index (χ1n) is 9.13. The van der Waals surface area contributed by atoms with Crippen LogP contribution in [0.25, 0.3) is 11.5 Å². The third kappa shape index (κ3) is 5.49. The molecule has 2 aromatic carbocycles. The predicted octanol–water partition coefficient (Wildman–Crippen LogP) is 4.79. The minimum Gasteiger partial charge on any atom is -0.450 e. The number of hydrogen-bond donors (Lipinski definition) is 2. The predicted molar refractivity (Wildman–Crippen MR) is 103 cm³/mol. The minimum atomic E-state index is -4.39. The fraction of sp³-hybridized carbons (Fsp3) is 0.250. The van der Waals surface area contributed by atoms with E-state index >= 15 is 0 Å². The quantitative estimate of drug-likeness (QED) is 0.571. The van der Waals surface area contributed by atoms with Crippen molar-refractivity contribution in [3.8, 4) is 11.5 Å². The number of rotatable bonds is 7. The molecule has 0 saturated carbocycles. The third-order valence-corrected chi connectivity index (χ3v) is 4.00. The normalized spacial score (nSPS) is 11.2. The van der Waals surface area contributed by atoms with Gasteiger partial charge in [-0.25, -0.2) is 4.79 Å². The van der Waals surface area contributed by atoms with Gasteiger partial charge in [0.15, 0.2) is 0 Å². The molecule has 0 aliphatic rings. The zero-order chi connectivity index (χ0) is 21.6. The number of para-hydroxylation sites is 1. The molecule has 10 heteroatoms. The van der Waals surface area contributed by atoms with Crippen LogP contribution < -0.4 is 10.6 Å². The summed E-state index contributed by atoms with van der Waals surface area (Å²) in [6.07, 6.45) is -4.60. The van der Waals surface area contributed by atoms with Crippen LogP contribution in [0.15, 0.2) is 52.9 Å². The average Bonchev–Trinajstić information content (AvgIpc) is 3.17. The van der Waals surface area contributed by atoms with Crippen LogP contribution >= 0.6 is 0 Å². The van der Waals surface area contributed by atoms with Crippen LogP contribution in [0.5, 0.6) is 0 Å². The second-order valence-corrected chi connectivity index (χ2v) is 6.14. The fourth-order valence-electron chi connectivity index (χ4n) is 2.59. The van der Waals surface area contributed by atoms with E-state index in [1.165, 1.54) is 12.1 Å². The van der Waals surface area contributed by atoms with Crippen molar-refractivity contribution in [2.45, 2.75) is 19.5 Å². The Labute approximate surface area is 170 Å². The lowest BCUT2D eigenvalue weighted by atomic mass is 10.1. The van der Waals surface area contributed by atoms with Gasteiger partial charge in [0, 0.05) is 18.7 Å². The molecule has 158 valence electrons. The molecular formula is C20H19F3N4O3. The molecule has 1 amide bonds. The summed E-state index contributed by atoms with van der Waals surface area (Å²) in [4.78, 5) is 11.3. The van der Waals surface area contributed by atoms with Crippen LogP contribution in [0.2, 0.25) is 0 Å². The third-order valence-electron chi connectivity index (χ3n) is 4.00. The summed E-state index contributed by atoms with van der Waals surface area (Å²) >= 11 is 0. The van der Waals surface area contributed by atoms with Crippen molar-refractivity contribution in [2.24, 2.45) is 0 Å². The number of ether oxygens (including phenoxy) is 1. The molecule has 0 fully saturated rings. The van der Waals surface area contributed by atoms with Crippen LogP contribution in [-0.4, -0.2) is 29.4 Å². The van der Waals surface area contributed by atoms with E-state index in [-0.39, 0.29) is 19.0 Å². The highest BCUT2D eigenvalue weighted by molar-refractivity contribution is 5.76. The van der Waals surface area contributed by atoms with Crippen LogP contribution in [0, 0.1) is 0 Å². The van der Waals surface area contributed by atoms with Crippen molar-refractivity contribution in [1.29, 1.82) is 0 Å². The summed E-state index contributed by atoms with van der Waals surface area (Å²) in [6.45, 7) is 2.26. The van der Waals surface area contributed by atoms with Crippen molar-refractivity contribution in [1.82, 2.24) is 15.5 Å². The van der Waals surface area contributed by atoms with Gasteiger partial charge in [-0.2, -0.15) is 13.2 Å². The molecule has 0 aliphatic heterocycles. The number of hydrogen-bond acceptors (Lipinski definition) is 6. The molecule has 0 saturated heterocycles. The fourth-order valence-corrected chi connectivity index (χ4v) is 2.59. The minimum absolute atomic E-state index is 0.246. The van der Waals surface area contributed by atoms with Crippen LogP contribution in [0.3, 0.4) is 0 Å². The molecule has 3 aromatic rings. The van der Waals surface area contributed by atoms with Gasteiger partial charge in [0.2, 0.25) is 11.8 Å². The van der Waals surface area contributed by atoms with Crippen LogP contribution in [-0.2, 0) is 17.3 Å². The second-order valence-electron chi connectivity index (χ2n) is 6.14. The van der Waals surface area contributed by atoms with E-state index in [0.717, 1.165) is 12.1 Å². The number of halogens is 3. The van der Waals surface area contributed by atoms with Gasteiger partial charge in [-0.1, -0.05) is 12.1 Å². The maximum Gasteiger partial charge on any atom is 0.416 e. The smallest absolute Gasteiger partial charge is 0.416 e. The molecular weight excluding hydrogens is 401 g/mol. The average molecular weight is 420 g/mol. The zero-order valence-corrected chi connectivity index (χ0v) is 16.0. The number of benzene rings is 2. The largest absolute Gasteiger partial charge is 0.450 e. The Morgan fingerprint density at radius 3 is 2.53 bits per heavy atom. The molecule has 0 aliphatic carbocycles. The summed E-state index contributed by atoms with van der Waals surface area (Å²) in [5, 5.41) is 13.6. The first-order valence-corrected chi connectivity index (χ1v) is 9.13. The van der Waals surface area contributed by atoms with Crippen LogP contribution in [0.1, 0.15) is 18.4 Å². The number of amides is 1. The highest BCUT2D eigenvalue weighted by Crippen LogP contribution is 2.32. The highest BCUT2D eigenvalue weighted by atomic mass is 19.4. The van der Waals surface area contributed by atoms with E-state index < -0.39 is 17.8 Å². The van der Waals surface area contributed by atoms with E-state index in [2.05, 4.69) is 20.8 Å². The first-order chi connectivity index (χ1) is 14.4. The number of nitrogens with zero attached hydrogens (tertiary/aromatic N) is 2. The summed E-state index contributed by atoms with van der Waals surface area (Å²) in [6, 6.07) is 11.8. The molecule has 1 aromatic heterocycles. The summed E-state index contributed by atoms with van der Waals surface area (Å²) in [5.74, 6) is 0.572. The Morgan fingerprint density at radius 2 is 1.83 bits per heavy atom. The Bertz CT molecular complexity index is 987. The Kier molecular flexibility index (Phi) is 6.55. The van der Waals surface area contributed by atoms with Crippen molar-refractivity contribution in [3.05, 3.63) is 60.0 Å². The number of anilines is 2. The second kappa shape index (κ2) is 9.29. The maximum absolute atomic E-state index is 12.7. The molecule has 1 heterocycles. The Morgan fingerprint density at radius 1 is 1.10 bits per heavy atom. The van der Waals surface area contributed by atoms with Crippen molar-refractivity contribution in [2.75, 3.05) is 18.5 Å². The van der Waals surface area contributed by atoms with Crippen LogP contribution in [0.4, 0.5) is 29.3 Å². The lowest BCUT2D eigenvalue weighted by Crippen LogP contribution is -2.26. The van der Waals surface area contributed by atoms with Gasteiger partial charge in [0.1, 0.15) is 0 Å². The lowest BCUT2D eigenvalue weighted by Gasteiger charge is -2.11. The molecule has 2 N–H and O–H groups in total. The van der Waals surface area contributed by atoms with Gasteiger partial charge in [0.05, 0.1) is 23.4 Å². The van der Waals surface area contributed by atoms with Crippen molar-refractivity contribution >= 4 is 17.5 Å². The van der Waals surface area contributed by atoms with E-state index in [1.807, 2.05) is 0 Å². The monoisotopic (exact) mass is 420 g/mol. The molecule has 7 nitrogen and oxygen atoms in total. The van der Waals surface area contributed by atoms with Gasteiger partial charge >= 0.3 is 12.3 Å². The Hall–Kier alpha value is -3.56. The van der Waals surface area contributed by atoms with Gasteiger partial charge in [0.25, 0.3) is 0 Å². The number of carbonyl (C=O) groups excluding carboxylic acids is 1. The maximum atomic E-state index is 12.7. The number of aromatic nitrogens is 2. The first kappa shape index (κ1) is 21.2. The van der Waals surface area contributed by atoms with Gasteiger partial charge in [-0.05, 0) is 43.3 Å². The molecule has 0 unspecified atom stereocenters. The number of carbonyl (C=O) groups is 1. The van der Waals surface area contributed by atoms with Gasteiger partial charge < -0.3 is 19.8 Å². The molecule has 0 radical (unpaired) electrons. The number of alkyl halides is 3. The zero-order valence-electron chi connectivity index (χ0n) is 16.0.